The lowest BCUT2D eigenvalue weighted by molar-refractivity contribution is 0.474. The van der Waals surface area contributed by atoms with Crippen molar-refractivity contribution >= 4 is 11.3 Å². The van der Waals surface area contributed by atoms with E-state index in [2.05, 4.69) is 29.9 Å². The van der Waals surface area contributed by atoms with E-state index in [1.807, 2.05) is 12.1 Å². The smallest absolute Gasteiger partial charge is 0.115 e. The average molecular weight is 247 g/mol. The fraction of sp³-hybridized carbons (Fsp3) is 0.286. The maximum atomic E-state index is 9.24. The number of aromatic hydroxyl groups is 1. The van der Waals surface area contributed by atoms with Gasteiger partial charge in [0.1, 0.15) is 5.75 Å². The molecule has 0 aliphatic carbocycles. The van der Waals surface area contributed by atoms with Crippen molar-refractivity contribution in [2.45, 2.75) is 26.4 Å². The molecule has 2 N–H and O–H groups in total. The molecule has 0 aliphatic rings. The van der Waals surface area contributed by atoms with Gasteiger partial charge in [0.25, 0.3) is 0 Å². The van der Waals surface area contributed by atoms with Gasteiger partial charge in [-0.05, 0) is 53.4 Å². The van der Waals surface area contributed by atoms with Gasteiger partial charge in [-0.3, -0.25) is 0 Å². The maximum absolute atomic E-state index is 9.24. The van der Waals surface area contributed by atoms with Gasteiger partial charge in [-0.2, -0.15) is 11.3 Å². The second-order valence-corrected chi connectivity index (χ2v) is 5.02. The van der Waals surface area contributed by atoms with E-state index in [4.69, 9.17) is 0 Å². The number of thiophene rings is 1. The average Bonchev–Trinajstić information content (AvgIpc) is 2.73. The lowest BCUT2D eigenvalue weighted by atomic mass is 10.1. The third-order valence-electron chi connectivity index (χ3n) is 2.95. The molecular weight excluding hydrogens is 230 g/mol. The Labute approximate surface area is 106 Å². The summed E-state index contributed by atoms with van der Waals surface area (Å²) >= 11 is 1.74. The first-order chi connectivity index (χ1) is 8.16. The molecule has 0 amide bonds. The van der Waals surface area contributed by atoms with Crippen LogP contribution in [-0.2, 0) is 6.54 Å². The second kappa shape index (κ2) is 5.34. The second-order valence-electron chi connectivity index (χ2n) is 4.27. The van der Waals surface area contributed by atoms with Crippen molar-refractivity contribution in [1.82, 2.24) is 5.32 Å². The van der Waals surface area contributed by atoms with Gasteiger partial charge >= 0.3 is 0 Å². The number of hydrogen-bond donors (Lipinski definition) is 2. The van der Waals surface area contributed by atoms with Crippen molar-refractivity contribution < 1.29 is 5.11 Å². The molecule has 3 heteroatoms. The van der Waals surface area contributed by atoms with Crippen LogP contribution in [0.2, 0.25) is 0 Å². The standard InChI is InChI=1S/C14H17NOS/c1-10-8-17-9-13(10)7-15-11(2)12-3-5-14(16)6-4-12/h3-6,8-9,11,15-16H,7H2,1-2H3. The van der Waals surface area contributed by atoms with E-state index in [9.17, 15) is 5.11 Å². The highest BCUT2D eigenvalue weighted by atomic mass is 32.1. The summed E-state index contributed by atoms with van der Waals surface area (Å²) in [5.41, 5.74) is 3.90. The van der Waals surface area contributed by atoms with E-state index < -0.39 is 0 Å². The van der Waals surface area contributed by atoms with Gasteiger partial charge in [0.15, 0.2) is 0 Å². The minimum Gasteiger partial charge on any atom is -0.508 e. The predicted molar refractivity (Wildman–Crippen MR) is 72.4 cm³/mol. The van der Waals surface area contributed by atoms with E-state index in [0.717, 1.165) is 6.54 Å². The molecule has 0 bridgehead atoms. The Morgan fingerprint density at radius 3 is 2.53 bits per heavy atom. The van der Waals surface area contributed by atoms with Crippen LogP contribution in [-0.4, -0.2) is 5.11 Å². The fourth-order valence-corrected chi connectivity index (χ4v) is 2.57. The Morgan fingerprint density at radius 1 is 1.24 bits per heavy atom. The topological polar surface area (TPSA) is 32.3 Å². The highest BCUT2D eigenvalue weighted by Crippen LogP contribution is 2.18. The van der Waals surface area contributed by atoms with Crippen LogP contribution in [0.15, 0.2) is 35.0 Å². The molecule has 0 spiro atoms. The van der Waals surface area contributed by atoms with Crippen LogP contribution in [0.3, 0.4) is 0 Å². The first kappa shape index (κ1) is 12.1. The highest BCUT2D eigenvalue weighted by molar-refractivity contribution is 7.08. The third-order valence-corrected chi connectivity index (χ3v) is 3.86. The number of phenolic OH excluding ortho intramolecular Hbond substituents is 1. The summed E-state index contributed by atoms with van der Waals surface area (Å²) in [6, 6.07) is 7.64. The molecule has 1 unspecified atom stereocenters. The molecule has 0 saturated heterocycles. The summed E-state index contributed by atoms with van der Waals surface area (Å²) in [4.78, 5) is 0. The molecule has 1 aromatic heterocycles. The largest absolute Gasteiger partial charge is 0.508 e. The Kier molecular flexibility index (Phi) is 3.82. The van der Waals surface area contributed by atoms with E-state index in [-0.39, 0.29) is 6.04 Å². The Balaban J connectivity index is 1.95. The van der Waals surface area contributed by atoms with Crippen molar-refractivity contribution in [3.8, 4) is 5.75 Å². The number of phenols is 1. The summed E-state index contributed by atoms with van der Waals surface area (Å²) in [5, 5.41) is 17.1. The number of hydrogen-bond acceptors (Lipinski definition) is 3. The van der Waals surface area contributed by atoms with Gasteiger partial charge < -0.3 is 10.4 Å². The predicted octanol–water partition coefficient (Wildman–Crippen LogP) is 3.61. The van der Waals surface area contributed by atoms with Crippen molar-refractivity contribution in [2.75, 3.05) is 0 Å². The SMILES string of the molecule is Cc1cscc1CNC(C)c1ccc(O)cc1. The van der Waals surface area contributed by atoms with Crippen LogP contribution in [0.25, 0.3) is 0 Å². The lowest BCUT2D eigenvalue weighted by Crippen LogP contribution is -2.18. The van der Waals surface area contributed by atoms with Gasteiger partial charge in [0.2, 0.25) is 0 Å². The minimum absolute atomic E-state index is 0.287. The molecule has 2 nitrogen and oxygen atoms in total. The number of benzene rings is 1. The monoisotopic (exact) mass is 247 g/mol. The lowest BCUT2D eigenvalue weighted by Gasteiger charge is -2.14. The molecule has 2 rings (SSSR count). The molecule has 17 heavy (non-hydrogen) atoms. The Bertz CT molecular complexity index is 475. The van der Waals surface area contributed by atoms with Gasteiger partial charge in [-0.25, -0.2) is 0 Å². The van der Waals surface area contributed by atoms with Crippen molar-refractivity contribution in [2.24, 2.45) is 0 Å². The molecule has 1 atom stereocenters. The summed E-state index contributed by atoms with van der Waals surface area (Å²) in [5.74, 6) is 0.314. The molecule has 2 aromatic rings. The zero-order valence-corrected chi connectivity index (χ0v) is 10.9. The van der Waals surface area contributed by atoms with Crippen LogP contribution < -0.4 is 5.32 Å². The third kappa shape index (κ3) is 3.08. The van der Waals surface area contributed by atoms with Crippen molar-refractivity contribution in [1.29, 1.82) is 0 Å². The molecule has 0 fully saturated rings. The van der Waals surface area contributed by atoms with E-state index in [1.54, 1.807) is 23.5 Å². The first-order valence-electron chi connectivity index (χ1n) is 5.71. The number of aryl methyl sites for hydroxylation is 1. The van der Waals surface area contributed by atoms with Crippen molar-refractivity contribution in [3.63, 3.8) is 0 Å². The molecule has 1 aromatic carbocycles. The minimum atomic E-state index is 0.287. The van der Waals surface area contributed by atoms with Crippen LogP contribution in [0.5, 0.6) is 5.75 Å². The maximum Gasteiger partial charge on any atom is 0.115 e. The van der Waals surface area contributed by atoms with Gasteiger partial charge in [0, 0.05) is 12.6 Å². The van der Waals surface area contributed by atoms with E-state index in [0.29, 0.717) is 5.75 Å². The van der Waals surface area contributed by atoms with Crippen LogP contribution in [0.4, 0.5) is 0 Å². The number of nitrogens with one attached hydrogen (secondary N) is 1. The van der Waals surface area contributed by atoms with Crippen molar-refractivity contribution in [3.05, 3.63) is 51.7 Å². The highest BCUT2D eigenvalue weighted by Gasteiger charge is 2.06. The first-order valence-corrected chi connectivity index (χ1v) is 6.65. The Hall–Kier alpha value is -1.32. The fourth-order valence-electron chi connectivity index (χ4n) is 1.71. The molecule has 1 heterocycles. The van der Waals surface area contributed by atoms with E-state index >= 15 is 0 Å². The van der Waals surface area contributed by atoms with E-state index in [1.165, 1.54) is 16.7 Å². The van der Waals surface area contributed by atoms with Gasteiger partial charge in [-0.15, -0.1) is 0 Å². The van der Waals surface area contributed by atoms with Gasteiger partial charge in [0.05, 0.1) is 0 Å². The summed E-state index contributed by atoms with van der Waals surface area (Å²) in [7, 11) is 0. The zero-order chi connectivity index (χ0) is 12.3. The summed E-state index contributed by atoms with van der Waals surface area (Å²) in [6.45, 7) is 5.16. The molecule has 0 saturated carbocycles. The quantitative estimate of drug-likeness (QED) is 0.865. The summed E-state index contributed by atoms with van der Waals surface area (Å²) in [6.07, 6.45) is 0. The van der Waals surface area contributed by atoms with Gasteiger partial charge in [-0.1, -0.05) is 12.1 Å². The van der Waals surface area contributed by atoms with Crippen LogP contribution >= 0.6 is 11.3 Å². The number of rotatable bonds is 4. The molecular formula is C14H17NOS. The zero-order valence-electron chi connectivity index (χ0n) is 10.1. The molecule has 90 valence electrons. The van der Waals surface area contributed by atoms with Crippen LogP contribution in [0, 0.1) is 6.92 Å². The normalized spacial score (nSPS) is 12.6. The molecule has 0 radical (unpaired) electrons. The van der Waals surface area contributed by atoms with Crippen LogP contribution in [0.1, 0.15) is 29.7 Å². The Morgan fingerprint density at radius 2 is 1.94 bits per heavy atom. The molecule has 0 aliphatic heterocycles. The summed E-state index contributed by atoms with van der Waals surface area (Å²) < 4.78 is 0.